The zero-order chi connectivity index (χ0) is 14.9. The Morgan fingerprint density at radius 3 is 2.50 bits per heavy atom. The van der Waals surface area contributed by atoms with Crippen LogP contribution >= 0.6 is 11.3 Å². The number of carbonyl (C=O) groups excluding carboxylic acids is 1. The Morgan fingerprint density at radius 1 is 0.909 bits per heavy atom. The molecule has 4 rings (SSSR count). The number of carbonyl (C=O) groups is 1. The summed E-state index contributed by atoms with van der Waals surface area (Å²) in [4.78, 5) is 13.7. The van der Waals surface area contributed by atoms with Crippen molar-refractivity contribution < 1.29 is 4.79 Å². The van der Waals surface area contributed by atoms with E-state index >= 15 is 0 Å². The molecule has 106 valence electrons. The Kier molecular flexibility index (Phi) is 3.13. The third-order valence-corrected chi connectivity index (χ3v) is 4.59. The number of hydrogen-bond donors (Lipinski definition) is 0. The predicted molar refractivity (Wildman–Crippen MR) is 90.6 cm³/mol. The van der Waals surface area contributed by atoms with E-state index in [0.717, 1.165) is 27.2 Å². The second kappa shape index (κ2) is 5.28. The van der Waals surface area contributed by atoms with Crippen molar-refractivity contribution in [1.82, 2.24) is 4.40 Å². The van der Waals surface area contributed by atoms with Crippen LogP contribution < -0.4 is 0 Å². The number of fused-ring (bicyclic) bond motifs is 1. The summed E-state index contributed by atoms with van der Waals surface area (Å²) in [5, 5.41) is 1.94. The minimum Gasteiger partial charge on any atom is -0.313 e. The highest BCUT2D eigenvalue weighted by molar-refractivity contribution is 7.12. The normalized spacial score (nSPS) is 10.9. The third kappa shape index (κ3) is 2.07. The average molecular weight is 303 g/mol. The van der Waals surface area contributed by atoms with Gasteiger partial charge in [0.1, 0.15) is 5.69 Å². The highest BCUT2D eigenvalue weighted by Gasteiger charge is 2.20. The lowest BCUT2D eigenvalue weighted by molar-refractivity contribution is 0.103. The first kappa shape index (κ1) is 13.0. The molecular formula is C19H13NOS. The van der Waals surface area contributed by atoms with Gasteiger partial charge in [0.15, 0.2) is 0 Å². The molecule has 0 aliphatic carbocycles. The third-order valence-electron chi connectivity index (χ3n) is 3.72. The Labute approximate surface area is 132 Å². The lowest BCUT2D eigenvalue weighted by atomic mass is 10.0. The highest BCUT2D eigenvalue weighted by atomic mass is 32.1. The summed E-state index contributed by atoms with van der Waals surface area (Å²) >= 11 is 1.48. The standard InChI is InChI=1S/C19H13NOS/c21-19(17-10-6-12-22-17)18-16(14-7-2-1-3-8-14)13-15-9-4-5-11-20(15)18/h1-13H. The smallest absolute Gasteiger partial charge is 0.220 e. The average Bonchev–Trinajstić information content (AvgIpc) is 3.23. The molecule has 0 saturated heterocycles. The summed E-state index contributed by atoms with van der Waals surface area (Å²) in [6.07, 6.45) is 1.95. The fraction of sp³-hybridized carbons (Fsp3) is 0. The van der Waals surface area contributed by atoms with Gasteiger partial charge in [-0.2, -0.15) is 0 Å². The summed E-state index contributed by atoms with van der Waals surface area (Å²) in [7, 11) is 0. The maximum Gasteiger partial charge on any atom is 0.220 e. The van der Waals surface area contributed by atoms with Gasteiger partial charge in [0, 0.05) is 17.3 Å². The molecule has 0 bridgehead atoms. The maximum atomic E-state index is 13.0. The molecule has 0 aliphatic rings. The minimum absolute atomic E-state index is 0.0695. The molecule has 3 heteroatoms. The SMILES string of the molecule is O=C(c1cccs1)c1c(-c2ccccc2)cc2ccccn12. The van der Waals surface area contributed by atoms with E-state index < -0.39 is 0 Å². The maximum absolute atomic E-state index is 13.0. The van der Waals surface area contributed by atoms with Crippen LogP contribution in [0.15, 0.2) is 78.3 Å². The van der Waals surface area contributed by atoms with Crippen LogP contribution in [0.1, 0.15) is 15.4 Å². The van der Waals surface area contributed by atoms with Gasteiger partial charge in [-0.1, -0.05) is 42.5 Å². The molecule has 22 heavy (non-hydrogen) atoms. The number of hydrogen-bond acceptors (Lipinski definition) is 2. The number of aromatic nitrogens is 1. The van der Waals surface area contributed by atoms with Crippen molar-refractivity contribution in [1.29, 1.82) is 0 Å². The zero-order valence-electron chi connectivity index (χ0n) is 11.8. The van der Waals surface area contributed by atoms with E-state index in [1.165, 1.54) is 11.3 Å². The van der Waals surface area contributed by atoms with E-state index in [1.54, 1.807) is 0 Å². The number of rotatable bonds is 3. The summed E-state index contributed by atoms with van der Waals surface area (Å²) in [6.45, 7) is 0. The van der Waals surface area contributed by atoms with E-state index in [0.29, 0.717) is 0 Å². The van der Waals surface area contributed by atoms with Crippen molar-refractivity contribution in [3.63, 3.8) is 0 Å². The largest absolute Gasteiger partial charge is 0.313 e. The molecule has 0 radical (unpaired) electrons. The molecule has 0 atom stereocenters. The molecule has 0 amide bonds. The van der Waals surface area contributed by atoms with Crippen LogP contribution in [0.25, 0.3) is 16.6 Å². The highest BCUT2D eigenvalue weighted by Crippen LogP contribution is 2.30. The lowest BCUT2D eigenvalue weighted by Crippen LogP contribution is -2.04. The van der Waals surface area contributed by atoms with Gasteiger partial charge in [0.25, 0.3) is 0 Å². The van der Waals surface area contributed by atoms with E-state index in [1.807, 2.05) is 76.6 Å². The zero-order valence-corrected chi connectivity index (χ0v) is 12.6. The van der Waals surface area contributed by atoms with Gasteiger partial charge in [0.05, 0.1) is 4.88 Å². The molecule has 0 unspecified atom stereocenters. The van der Waals surface area contributed by atoms with E-state index in [9.17, 15) is 4.79 Å². The second-order valence-corrected chi connectivity index (χ2v) is 6.02. The summed E-state index contributed by atoms with van der Waals surface area (Å²) in [5.74, 6) is 0.0695. The Balaban J connectivity index is 2.01. The summed E-state index contributed by atoms with van der Waals surface area (Å²) < 4.78 is 1.98. The lowest BCUT2D eigenvalue weighted by Gasteiger charge is -2.05. The molecule has 4 aromatic rings. The number of ketones is 1. The molecule has 1 aromatic carbocycles. The van der Waals surface area contributed by atoms with Crippen LogP contribution in [-0.2, 0) is 0 Å². The van der Waals surface area contributed by atoms with Crippen LogP contribution in [0, 0.1) is 0 Å². The van der Waals surface area contributed by atoms with Crippen LogP contribution in [0.4, 0.5) is 0 Å². The van der Waals surface area contributed by atoms with Crippen LogP contribution in [0.2, 0.25) is 0 Å². The molecular weight excluding hydrogens is 290 g/mol. The van der Waals surface area contributed by atoms with E-state index in [2.05, 4.69) is 6.07 Å². The van der Waals surface area contributed by atoms with Crippen LogP contribution in [0.3, 0.4) is 0 Å². The van der Waals surface area contributed by atoms with Crippen molar-refractivity contribution >= 4 is 22.6 Å². The van der Waals surface area contributed by atoms with Gasteiger partial charge in [-0.15, -0.1) is 11.3 Å². The number of nitrogens with zero attached hydrogens (tertiary/aromatic N) is 1. The molecule has 0 fully saturated rings. The Morgan fingerprint density at radius 2 is 1.73 bits per heavy atom. The van der Waals surface area contributed by atoms with Crippen LogP contribution in [0.5, 0.6) is 0 Å². The topological polar surface area (TPSA) is 21.5 Å². The van der Waals surface area contributed by atoms with Gasteiger partial charge < -0.3 is 4.40 Å². The van der Waals surface area contributed by atoms with Gasteiger partial charge in [-0.05, 0) is 35.2 Å². The number of thiophene rings is 1. The fourth-order valence-corrected chi connectivity index (χ4v) is 3.38. The van der Waals surface area contributed by atoms with Gasteiger partial charge in [-0.25, -0.2) is 0 Å². The monoisotopic (exact) mass is 303 g/mol. The Hall–Kier alpha value is -2.65. The first-order valence-corrected chi connectivity index (χ1v) is 7.96. The number of pyridine rings is 1. The molecule has 0 spiro atoms. The molecule has 0 N–H and O–H groups in total. The first-order chi connectivity index (χ1) is 10.8. The molecule has 0 saturated carbocycles. The van der Waals surface area contributed by atoms with Crippen molar-refractivity contribution in [3.8, 4) is 11.1 Å². The summed E-state index contributed by atoms with van der Waals surface area (Å²) in [6, 6.07) is 21.9. The molecule has 3 aromatic heterocycles. The quantitative estimate of drug-likeness (QED) is 0.493. The van der Waals surface area contributed by atoms with Gasteiger partial charge >= 0.3 is 0 Å². The minimum atomic E-state index is 0.0695. The van der Waals surface area contributed by atoms with Gasteiger partial charge in [-0.3, -0.25) is 4.79 Å². The fourth-order valence-electron chi connectivity index (χ4n) is 2.72. The van der Waals surface area contributed by atoms with Crippen molar-refractivity contribution in [2.45, 2.75) is 0 Å². The van der Waals surface area contributed by atoms with E-state index in [4.69, 9.17) is 0 Å². The van der Waals surface area contributed by atoms with Crippen LogP contribution in [-0.4, -0.2) is 10.2 Å². The summed E-state index contributed by atoms with van der Waals surface area (Å²) in [5.41, 5.74) is 3.79. The molecule has 0 aliphatic heterocycles. The van der Waals surface area contributed by atoms with Crippen molar-refractivity contribution in [2.24, 2.45) is 0 Å². The number of benzene rings is 1. The van der Waals surface area contributed by atoms with Crippen molar-refractivity contribution in [2.75, 3.05) is 0 Å². The second-order valence-electron chi connectivity index (χ2n) is 5.07. The Bertz CT molecular complexity index is 936. The van der Waals surface area contributed by atoms with Gasteiger partial charge in [0.2, 0.25) is 5.78 Å². The predicted octanol–water partition coefficient (Wildman–Crippen LogP) is 4.90. The molecule has 3 heterocycles. The molecule has 2 nitrogen and oxygen atoms in total. The first-order valence-electron chi connectivity index (χ1n) is 7.08. The van der Waals surface area contributed by atoms with E-state index in [-0.39, 0.29) is 5.78 Å². The van der Waals surface area contributed by atoms with Crippen molar-refractivity contribution in [3.05, 3.63) is 88.9 Å².